The minimum atomic E-state index is -0.767. The van der Waals surface area contributed by atoms with Crippen LogP contribution in [0, 0.1) is 11.7 Å². The quantitative estimate of drug-likeness (QED) is 0.333. The standard InChI is InChI=1S/C17H24FN5O4/c1-2-3-4-12(10-22(27)11-24)17(26)23-14(7-8-20-23)16(25)21-15-6-5-13(18)9-19-15/h5-6,9,11-12,14,20,27H,2-4,7-8,10H2,1H3,(H,19,21,25)/t12-,14+/m1/s1. The Kier molecular flexibility index (Phi) is 7.62. The summed E-state index contributed by atoms with van der Waals surface area (Å²) in [6.07, 6.45) is 3.70. The average molecular weight is 381 g/mol. The lowest BCUT2D eigenvalue weighted by molar-refractivity contribution is -0.159. The molecule has 3 amide bonds. The Bertz CT molecular complexity index is 657. The maximum atomic E-state index is 12.9. The van der Waals surface area contributed by atoms with E-state index in [0.717, 1.165) is 19.0 Å². The second kappa shape index (κ2) is 9.93. The number of hydroxylamine groups is 2. The number of rotatable bonds is 9. The van der Waals surface area contributed by atoms with Crippen LogP contribution < -0.4 is 10.7 Å². The van der Waals surface area contributed by atoms with E-state index in [9.17, 15) is 24.0 Å². The van der Waals surface area contributed by atoms with E-state index in [0.29, 0.717) is 24.4 Å². The smallest absolute Gasteiger partial charge is 0.250 e. The van der Waals surface area contributed by atoms with Crippen molar-refractivity contribution in [2.75, 3.05) is 18.4 Å². The van der Waals surface area contributed by atoms with E-state index in [4.69, 9.17) is 0 Å². The van der Waals surface area contributed by atoms with Gasteiger partial charge in [-0.15, -0.1) is 0 Å². The molecule has 0 radical (unpaired) electrons. The fourth-order valence-electron chi connectivity index (χ4n) is 2.91. The number of nitrogens with zero attached hydrogens (tertiary/aromatic N) is 3. The van der Waals surface area contributed by atoms with Gasteiger partial charge in [0, 0.05) is 6.54 Å². The molecule has 148 valence electrons. The Balaban J connectivity index is 2.06. The van der Waals surface area contributed by atoms with Gasteiger partial charge in [-0.05, 0) is 25.0 Å². The monoisotopic (exact) mass is 381 g/mol. The summed E-state index contributed by atoms with van der Waals surface area (Å²) in [6.45, 7) is 2.25. The second-order valence-electron chi connectivity index (χ2n) is 6.34. The summed E-state index contributed by atoms with van der Waals surface area (Å²) >= 11 is 0. The number of hydrogen-bond acceptors (Lipinski definition) is 6. The van der Waals surface area contributed by atoms with E-state index >= 15 is 0 Å². The van der Waals surface area contributed by atoms with Gasteiger partial charge in [0.05, 0.1) is 18.7 Å². The number of amides is 3. The summed E-state index contributed by atoms with van der Waals surface area (Å²) in [5, 5.41) is 13.7. The summed E-state index contributed by atoms with van der Waals surface area (Å²) < 4.78 is 12.9. The number of carbonyl (C=O) groups excluding carboxylic acids is 3. The van der Waals surface area contributed by atoms with Crippen molar-refractivity contribution in [1.82, 2.24) is 20.5 Å². The van der Waals surface area contributed by atoms with Crippen LogP contribution in [0.4, 0.5) is 10.2 Å². The van der Waals surface area contributed by atoms with Gasteiger partial charge in [0.1, 0.15) is 17.7 Å². The highest BCUT2D eigenvalue weighted by Gasteiger charge is 2.37. The van der Waals surface area contributed by atoms with Crippen LogP contribution >= 0.6 is 0 Å². The minimum Gasteiger partial charge on any atom is -0.309 e. The third kappa shape index (κ3) is 5.69. The van der Waals surface area contributed by atoms with Gasteiger partial charge in [0.2, 0.25) is 18.2 Å². The normalized spacial score (nSPS) is 17.4. The van der Waals surface area contributed by atoms with E-state index in [2.05, 4.69) is 15.7 Å². The molecule has 27 heavy (non-hydrogen) atoms. The molecule has 1 fully saturated rings. The molecule has 10 heteroatoms. The molecule has 0 unspecified atom stereocenters. The zero-order valence-electron chi connectivity index (χ0n) is 15.1. The maximum absolute atomic E-state index is 12.9. The van der Waals surface area contributed by atoms with Crippen LogP contribution in [0.15, 0.2) is 18.3 Å². The van der Waals surface area contributed by atoms with Gasteiger partial charge in [-0.3, -0.25) is 24.6 Å². The Morgan fingerprint density at radius 3 is 2.96 bits per heavy atom. The summed E-state index contributed by atoms with van der Waals surface area (Å²) in [5.41, 5.74) is 2.88. The molecule has 0 aromatic carbocycles. The van der Waals surface area contributed by atoms with E-state index < -0.39 is 23.7 Å². The fourth-order valence-corrected chi connectivity index (χ4v) is 2.91. The number of aromatic nitrogens is 1. The molecular formula is C17H24FN5O4. The van der Waals surface area contributed by atoms with Crippen LogP contribution in [0.2, 0.25) is 0 Å². The first-order valence-electron chi connectivity index (χ1n) is 8.86. The number of hydrazine groups is 1. The maximum Gasteiger partial charge on any atom is 0.250 e. The van der Waals surface area contributed by atoms with Crippen molar-refractivity contribution < 1.29 is 24.0 Å². The molecule has 1 aliphatic heterocycles. The number of unbranched alkanes of at least 4 members (excludes halogenated alkanes) is 1. The zero-order chi connectivity index (χ0) is 19.8. The van der Waals surface area contributed by atoms with Crippen molar-refractivity contribution in [3.63, 3.8) is 0 Å². The lowest BCUT2D eigenvalue weighted by atomic mass is 10.00. The van der Waals surface area contributed by atoms with E-state index in [1.165, 1.54) is 17.1 Å². The number of pyridine rings is 1. The molecule has 1 aromatic heterocycles. The van der Waals surface area contributed by atoms with Crippen molar-refractivity contribution in [1.29, 1.82) is 0 Å². The van der Waals surface area contributed by atoms with Crippen molar-refractivity contribution >= 4 is 24.0 Å². The Labute approximate surface area is 156 Å². The zero-order valence-corrected chi connectivity index (χ0v) is 15.1. The first-order valence-corrected chi connectivity index (χ1v) is 8.86. The number of anilines is 1. The molecule has 1 aliphatic rings. The summed E-state index contributed by atoms with van der Waals surface area (Å²) in [4.78, 5) is 39.9. The van der Waals surface area contributed by atoms with Crippen LogP contribution in [0.5, 0.6) is 0 Å². The highest BCUT2D eigenvalue weighted by molar-refractivity contribution is 5.97. The molecule has 0 spiro atoms. The lowest BCUT2D eigenvalue weighted by Gasteiger charge is -2.28. The fraction of sp³-hybridized carbons (Fsp3) is 0.529. The van der Waals surface area contributed by atoms with Gasteiger partial charge in [0.25, 0.3) is 0 Å². The van der Waals surface area contributed by atoms with E-state index in [1.54, 1.807) is 0 Å². The van der Waals surface area contributed by atoms with Gasteiger partial charge in [-0.25, -0.2) is 19.9 Å². The Morgan fingerprint density at radius 1 is 1.56 bits per heavy atom. The van der Waals surface area contributed by atoms with E-state index in [1.807, 2.05) is 6.92 Å². The molecule has 0 bridgehead atoms. The predicted octanol–water partition coefficient (Wildman–Crippen LogP) is 0.919. The van der Waals surface area contributed by atoms with Gasteiger partial charge < -0.3 is 5.32 Å². The largest absolute Gasteiger partial charge is 0.309 e. The van der Waals surface area contributed by atoms with Gasteiger partial charge in [-0.1, -0.05) is 19.8 Å². The third-order valence-electron chi connectivity index (χ3n) is 4.31. The summed E-state index contributed by atoms with van der Waals surface area (Å²) in [6, 6.07) is 1.74. The predicted molar refractivity (Wildman–Crippen MR) is 93.6 cm³/mol. The Hall–Kier alpha value is -2.59. The van der Waals surface area contributed by atoms with Crippen LogP contribution in [0.25, 0.3) is 0 Å². The van der Waals surface area contributed by atoms with Crippen LogP contribution in [0.3, 0.4) is 0 Å². The SMILES string of the molecule is CCCC[C@H](CN(O)C=O)C(=O)N1NCC[C@H]1C(=O)Nc1ccc(F)cn1. The van der Waals surface area contributed by atoms with Crippen LogP contribution in [0.1, 0.15) is 32.6 Å². The molecule has 1 aromatic rings. The first kappa shape index (κ1) is 20.7. The Morgan fingerprint density at radius 2 is 2.33 bits per heavy atom. The number of halogens is 1. The van der Waals surface area contributed by atoms with Crippen molar-refractivity contribution in [2.24, 2.45) is 5.92 Å². The molecule has 1 saturated heterocycles. The first-order chi connectivity index (χ1) is 13.0. The molecule has 2 heterocycles. The van der Waals surface area contributed by atoms with E-state index in [-0.39, 0.29) is 24.7 Å². The number of carbonyl (C=O) groups is 3. The molecule has 2 rings (SSSR count). The third-order valence-corrected chi connectivity index (χ3v) is 4.31. The van der Waals surface area contributed by atoms with Crippen LogP contribution in [-0.2, 0) is 14.4 Å². The average Bonchev–Trinajstić information content (AvgIpc) is 3.16. The molecule has 2 atom stereocenters. The second-order valence-corrected chi connectivity index (χ2v) is 6.34. The highest BCUT2D eigenvalue weighted by Crippen LogP contribution is 2.19. The molecule has 9 nitrogen and oxygen atoms in total. The molecule has 0 saturated carbocycles. The molecule has 0 aliphatic carbocycles. The lowest BCUT2D eigenvalue weighted by Crippen LogP contribution is -2.51. The minimum absolute atomic E-state index is 0.144. The summed E-state index contributed by atoms with van der Waals surface area (Å²) in [7, 11) is 0. The summed E-state index contributed by atoms with van der Waals surface area (Å²) in [5.74, 6) is -1.78. The highest BCUT2D eigenvalue weighted by atomic mass is 19.1. The van der Waals surface area contributed by atoms with Gasteiger partial charge in [0.15, 0.2) is 0 Å². The van der Waals surface area contributed by atoms with Crippen molar-refractivity contribution in [3.8, 4) is 0 Å². The van der Waals surface area contributed by atoms with Gasteiger partial charge >= 0.3 is 0 Å². The van der Waals surface area contributed by atoms with Gasteiger partial charge in [-0.2, -0.15) is 0 Å². The van der Waals surface area contributed by atoms with Crippen LogP contribution in [-0.4, -0.2) is 57.6 Å². The topological polar surface area (TPSA) is 115 Å². The van der Waals surface area contributed by atoms with Crippen molar-refractivity contribution in [3.05, 3.63) is 24.1 Å². The number of hydrogen-bond donors (Lipinski definition) is 3. The van der Waals surface area contributed by atoms with Crippen molar-refractivity contribution in [2.45, 2.75) is 38.6 Å². The number of nitrogens with one attached hydrogen (secondary N) is 2. The molecular weight excluding hydrogens is 357 g/mol. The molecule has 3 N–H and O–H groups in total.